The molecular weight excluding hydrogens is 729 g/mol. The van der Waals surface area contributed by atoms with Gasteiger partial charge >= 0.3 is 6.18 Å². The van der Waals surface area contributed by atoms with Gasteiger partial charge in [0.1, 0.15) is 5.69 Å². The smallest absolute Gasteiger partial charge is 0.388 e. The first-order chi connectivity index (χ1) is 24.5. The molecule has 3 N–H and O–H groups in total. The van der Waals surface area contributed by atoms with Crippen molar-refractivity contribution >= 4 is 38.9 Å². The minimum absolute atomic E-state index is 0.121. The number of benzene rings is 3. The molecule has 9 nitrogen and oxygen atoms in total. The van der Waals surface area contributed by atoms with Crippen molar-refractivity contribution in [3.05, 3.63) is 105 Å². The van der Waals surface area contributed by atoms with Gasteiger partial charge in [-0.3, -0.25) is 9.78 Å². The number of aryl methyl sites for hydroxylation is 1. The largest absolute Gasteiger partial charge is 0.433 e. The molecular formula is C38H38BrF3N4O5. The number of hydrogen-bond donors (Lipinski definition) is 3. The minimum atomic E-state index is -4.63. The molecule has 5 heterocycles. The number of carbonyl (C=O) groups is 1. The number of rotatable bonds is 3. The summed E-state index contributed by atoms with van der Waals surface area (Å²) in [6.07, 6.45) is -3.18. The third-order valence-corrected chi connectivity index (χ3v) is 10.4. The first-order valence-corrected chi connectivity index (χ1v) is 17.7. The molecule has 0 saturated carbocycles. The number of hydrogen-bond acceptors (Lipinski definition) is 8. The lowest BCUT2D eigenvalue weighted by Crippen LogP contribution is -2.49. The number of halogens is 4. The fourth-order valence-corrected chi connectivity index (χ4v) is 7.68. The van der Waals surface area contributed by atoms with Crippen LogP contribution in [0.1, 0.15) is 57.8 Å². The molecule has 4 unspecified atom stereocenters. The average Bonchev–Trinajstić information content (AvgIpc) is 3.12. The van der Waals surface area contributed by atoms with Gasteiger partial charge in [0.05, 0.1) is 50.7 Å². The number of nitrogens with zero attached hydrogens (tertiary/aromatic N) is 3. The summed E-state index contributed by atoms with van der Waals surface area (Å²) in [6.45, 7) is 6.32. The second-order valence-corrected chi connectivity index (χ2v) is 14.2. The van der Waals surface area contributed by atoms with Crippen LogP contribution in [0, 0.1) is 6.92 Å². The molecule has 0 aliphatic carbocycles. The van der Waals surface area contributed by atoms with Crippen LogP contribution in [0.5, 0.6) is 0 Å². The number of ether oxygens (including phenoxy) is 2. The Balaban J connectivity index is 0.000000210. The van der Waals surface area contributed by atoms with E-state index in [1.54, 1.807) is 12.1 Å². The number of aliphatic hydroxyl groups excluding tert-OH is 2. The van der Waals surface area contributed by atoms with Gasteiger partial charge in [-0.1, -0.05) is 40.2 Å². The molecule has 51 heavy (non-hydrogen) atoms. The van der Waals surface area contributed by atoms with Gasteiger partial charge in [-0.25, -0.2) is 0 Å². The number of aromatic nitrogens is 1. The molecule has 4 aliphatic rings. The van der Waals surface area contributed by atoms with Crippen molar-refractivity contribution in [3.63, 3.8) is 0 Å². The number of anilines is 3. The van der Waals surface area contributed by atoms with E-state index in [2.05, 4.69) is 42.1 Å². The molecule has 4 aliphatic heterocycles. The van der Waals surface area contributed by atoms with Crippen LogP contribution in [0.15, 0.2) is 77.4 Å². The van der Waals surface area contributed by atoms with Crippen LogP contribution in [0.25, 0.3) is 11.1 Å². The monoisotopic (exact) mass is 766 g/mol. The maximum absolute atomic E-state index is 13.0. The van der Waals surface area contributed by atoms with Gasteiger partial charge < -0.3 is 34.8 Å². The Morgan fingerprint density at radius 1 is 0.863 bits per heavy atom. The van der Waals surface area contributed by atoms with E-state index in [-0.39, 0.29) is 17.7 Å². The van der Waals surface area contributed by atoms with Gasteiger partial charge in [-0.05, 0) is 66.1 Å². The Morgan fingerprint density at radius 2 is 1.49 bits per heavy atom. The molecule has 0 bridgehead atoms. The summed E-state index contributed by atoms with van der Waals surface area (Å²) in [5.74, 6) is -0.655. The second-order valence-electron chi connectivity index (χ2n) is 13.2. The summed E-state index contributed by atoms with van der Waals surface area (Å²) in [4.78, 5) is 20.6. The van der Waals surface area contributed by atoms with Crippen LogP contribution in [0.4, 0.5) is 30.2 Å². The topological polar surface area (TPSA) is 107 Å². The number of aliphatic hydroxyl groups is 2. The number of fused-ring (bicyclic) bond motifs is 6. The van der Waals surface area contributed by atoms with Crippen molar-refractivity contribution in [1.82, 2.24) is 4.98 Å². The number of alkyl halides is 3. The predicted octanol–water partition coefficient (Wildman–Crippen LogP) is 7.06. The fraction of sp³-hybridized carbons (Fsp3) is 0.368. The van der Waals surface area contributed by atoms with Gasteiger partial charge in [0, 0.05) is 70.4 Å². The van der Waals surface area contributed by atoms with Crippen LogP contribution < -0.4 is 15.1 Å². The van der Waals surface area contributed by atoms with Crippen LogP contribution >= 0.6 is 15.9 Å². The van der Waals surface area contributed by atoms with Crippen molar-refractivity contribution in [2.24, 2.45) is 0 Å². The molecule has 4 atom stereocenters. The Kier molecular flexibility index (Phi) is 10.1. The first kappa shape index (κ1) is 35.4. The highest BCUT2D eigenvalue weighted by molar-refractivity contribution is 9.10. The highest BCUT2D eigenvalue weighted by atomic mass is 79.9. The summed E-state index contributed by atoms with van der Waals surface area (Å²) in [6, 6.07) is 19.8. The maximum Gasteiger partial charge on any atom is 0.433 e. The zero-order valence-electron chi connectivity index (χ0n) is 27.9. The molecule has 4 aromatic rings. The van der Waals surface area contributed by atoms with E-state index < -0.39 is 23.9 Å². The van der Waals surface area contributed by atoms with Gasteiger partial charge in [-0.15, -0.1) is 0 Å². The predicted molar refractivity (Wildman–Crippen MR) is 191 cm³/mol. The third-order valence-electron chi connectivity index (χ3n) is 9.92. The van der Waals surface area contributed by atoms with E-state index in [0.29, 0.717) is 31.4 Å². The normalized spacial score (nSPS) is 22.4. The van der Waals surface area contributed by atoms with Gasteiger partial charge in [0.25, 0.3) is 5.91 Å². The average molecular weight is 768 g/mol. The zero-order chi connectivity index (χ0) is 35.9. The molecule has 2 fully saturated rings. The highest BCUT2D eigenvalue weighted by Crippen LogP contribution is 2.42. The van der Waals surface area contributed by atoms with Crippen LogP contribution in [0.2, 0.25) is 0 Å². The Hall–Kier alpha value is -4.01. The van der Waals surface area contributed by atoms with Crippen LogP contribution in [-0.4, -0.2) is 72.7 Å². The molecule has 1 amide bonds. The van der Waals surface area contributed by atoms with Crippen LogP contribution in [0.3, 0.4) is 0 Å². The van der Waals surface area contributed by atoms with Gasteiger partial charge in [-0.2, -0.15) is 13.2 Å². The van der Waals surface area contributed by atoms with Crippen LogP contribution in [-0.2, 0) is 15.7 Å². The molecule has 1 aromatic heterocycles. The third kappa shape index (κ3) is 7.49. The first-order valence-electron chi connectivity index (χ1n) is 16.9. The second kappa shape index (κ2) is 14.5. The van der Waals surface area contributed by atoms with E-state index in [0.717, 1.165) is 88.7 Å². The molecule has 8 rings (SSSR count). The number of morpholine rings is 2. The van der Waals surface area contributed by atoms with E-state index in [1.807, 2.05) is 43.3 Å². The molecule has 0 radical (unpaired) electrons. The Labute approximate surface area is 302 Å². The van der Waals surface area contributed by atoms with Crippen molar-refractivity contribution in [1.29, 1.82) is 0 Å². The van der Waals surface area contributed by atoms with E-state index in [9.17, 15) is 28.2 Å². The fourth-order valence-electron chi connectivity index (χ4n) is 7.33. The van der Waals surface area contributed by atoms with E-state index in [1.165, 1.54) is 6.07 Å². The van der Waals surface area contributed by atoms with Crippen molar-refractivity contribution in [2.45, 2.75) is 50.2 Å². The lowest BCUT2D eigenvalue weighted by molar-refractivity contribution is -0.141. The number of carbonyl (C=O) groups excluding carboxylic acids is 1. The Morgan fingerprint density at radius 3 is 2.14 bits per heavy atom. The summed E-state index contributed by atoms with van der Waals surface area (Å²) in [7, 11) is 0. The number of pyridine rings is 1. The van der Waals surface area contributed by atoms with Crippen molar-refractivity contribution < 1.29 is 37.7 Å². The maximum atomic E-state index is 13.0. The summed E-state index contributed by atoms with van der Waals surface area (Å²) in [5.41, 5.74) is 6.03. The SMILES string of the molecule is Cc1ccc(NC(=O)c2ccnc(C(F)(F)F)c2)cc1-c1ccc2c(c1)N1CCOCC1CC2O.OC1CC2COCCN2c2cc(Br)ccc21. The molecule has 2 saturated heterocycles. The number of nitrogens with one attached hydrogen (secondary N) is 1. The zero-order valence-corrected chi connectivity index (χ0v) is 29.5. The standard InChI is InChI=1S/C26H24F3N3O3.C12H14BrNO2/c1-15-2-4-18(31-25(34)17-6-7-30-24(11-17)26(27,28)29)12-21(15)16-3-5-20-22(10-16)32-8-9-35-14-19(32)13-23(20)33;13-8-1-2-10-11(5-8)14-3-4-16-7-9(14)6-12(10)15/h2-7,10-12,19,23,33H,8-9,13-14H2,1H3,(H,31,34);1-2,5,9,12,15H,3-4,6-7H2. The lowest BCUT2D eigenvalue weighted by Gasteiger charge is -2.43. The van der Waals surface area contributed by atoms with Gasteiger partial charge in [0.2, 0.25) is 0 Å². The molecule has 0 spiro atoms. The highest BCUT2D eigenvalue weighted by Gasteiger charge is 2.35. The van der Waals surface area contributed by atoms with Gasteiger partial charge in [0.15, 0.2) is 0 Å². The van der Waals surface area contributed by atoms with E-state index >= 15 is 0 Å². The summed E-state index contributed by atoms with van der Waals surface area (Å²) < 4.78 is 51.0. The minimum Gasteiger partial charge on any atom is -0.388 e. The quantitative estimate of drug-likeness (QED) is 0.204. The Bertz CT molecular complexity index is 1930. The van der Waals surface area contributed by atoms with E-state index in [4.69, 9.17) is 9.47 Å². The summed E-state index contributed by atoms with van der Waals surface area (Å²) in [5, 5.41) is 23.4. The number of amides is 1. The molecule has 13 heteroatoms. The summed E-state index contributed by atoms with van der Waals surface area (Å²) >= 11 is 3.49. The van der Waals surface area contributed by atoms with Crippen molar-refractivity contribution in [3.8, 4) is 11.1 Å². The molecule has 268 valence electrons. The van der Waals surface area contributed by atoms with Crippen molar-refractivity contribution in [2.75, 3.05) is 54.6 Å². The molecule has 3 aromatic carbocycles. The lowest BCUT2D eigenvalue weighted by atomic mass is 9.89.